The lowest BCUT2D eigenvalue weighted by Gasteiger charge is -2.25. The predicted molar refractivity (Wildman–Crippen MR) is 140 cm³/mol. The molecular weight excluding hydrogens is 456 g/mol. The van der Waals surface area contributed by atoms with Gasteiger partial charge in [0.2, 0.25) is 0 Å². The zero-order chi connectivity index (χ0) is 25.9. The van der Waals surface area contributed by atoms with Gasteiger partial charge < -0.3 is 19.3 Å². The molecule has 192 valence electrons. The summed E-state index contributed by atoms with van der Waals surface area (Å²) in [5.74, 6) is 0.864. The van der Waals surface area contributed by atoms with E-state index in [2.05, 4.69) is 17.2 Å². The largest absolute Gasteiger partial charge is 0.496 e. The third-order valence-corrected chi connectivity index (χ3v) is 6.22. The SMILES string of the molecule is CCOC(=O)C=Cc1cnn(C[C@H](CCCc2ccccc2)[C@H](O)c2cc(OC)c(C)c(OC)c2)c1. The maximum absolute atomic E-state index is 11.6. The van der Waals surface area contributed by atoms with Crippen LogP contribution in [0.3, 0.4) is 0 Å². The number of benzene rings is 2. The van der Waals surface area contributed by atoms with E-state index < -0.39 is 6.10 Å². The molecule has 0 aliphatic carbocycles. The molecule has 1 aromatic heterocycles. The maximum Gasteiger partial charge on any atom is 0.330 e. The average molecular weight is 493 g/mol. The highest BCUT2D eigenvalue weighted by atomic mass is 16.5. The number of nitrogens with zero attached hydrogens (tertiary/aromatic N) is 2. The van der Waals surface area contributed by atoms with Crippen LogP contribution in [0.25, 0.3) is 6.08 Å². The summed E-state index contributed by atoms with van der Waals surface area (Å²) in [6, 6.07) is 14.1. The molecule has 3 aromatic rings. The molecule has 0 bridgehead atoms. The Morgan fingerprint density at radius 3 is 2.47 bits per heavy atom. The van der Waals surface area contributed by atoms with Crippen LogP contribution in [0.4, 0.5) is 0 Å². The van der Waals surface area contributed by atoms with E-state index in [9.17, 15) is 9.90 Å². The van der Waals surface area contributed by atoms with Crippen LogP contribution in [0.15, 0.2) is 60.9 Å². The molecule has 0 fully saturated rings. The topological polar surface area (TPSA) is 82.8 Å². The molecule has 7 heteroatoms. The third kappa shape index (κ3) is 7.46. The lowest BCUT2D eigenvalue weighted by atomic mass is 9.89. The van der Waals surface area contributed by atoms with Gasteiger partial charge in [0.25, 0.3) is 0 Å². The Labute approximate surface area is 213 Å². The van der Waals surface area contributed by atoms with Crippen LogP contribution in [0, 0.1) is 12.8 Å². The number of aliphatic hydroxyl groups excluding tert-OH is 1. The average Bonchev–Trinajstić information content (AvgIpc) is 3.35. The number of rotatable bonds is 13. The Hall–Kier alpha value is -3.58. The van der Waals surface area contributed by atoms with E-state index in [-0.39, 0.29) is 11.9 Å². The fourth-order valence-corrected chi connectivity index (χ4v) is 4.27. The summed E-state index contributed by atoms with van der Waals surface area (Å²) in [6.45, 7) is 4.55. The molecule has 36 heavy (non-hydrogen) atoms. The summed E-state index contributed by atoms with van der Waals surface area (Å²) in [4.78, 5) is 11.6. The summed E-state index contributed by atoms with van der Waals surface area (Å²) in [7, 11) is 3.23. The second kappa shape index (κ2) is 13.5. The Morgan fingerprint density at radius 1 is 1.14 bits per heavy atom. The Balaban J connectivity index is 1.80. The first-order valence-electron chi connectivity index (χ1n) is 12.3. The molecule has 0 amide bonds. The van der Waals surface area contributed by atoms with E-state index in [1.807, 2.05) is 48.1 Å². The summed E-state index contributed by atoms with van der Waals surface area (Å²) in [5, 5.41) is 15.9. The van der Waals surface area contributed by atoms with E-state index in [0.717, 1.165) is 36.0 Å². The Bertz CT molecular complexity index is 1110. The van der Waals surface area contributed by atoms with Gasteiger partial charge in [-0.3, -0.25) is 4.68 Å². The van der Waals surface area contributed by atoms with Gasteiger partial charge in [-0.1, -0.05) is 30.3 Å². The van der Waals surface area contributed by atoms with E-state index in [1.165, 1.54) is 11.6 Å². The van der Waals surface area contributed by atoms with Crippen molar-refractivity contribution in [3.05, 3.63) is 83.2 Å². The van der Waals surface area contributed by atoms with Gasteiger partial charge in [-0.15, -0.1) is 0 Å². The van der Waals surface area contributed by atoms with Gasteiger partial charge in [0.15, 0.2) is 0 Å². The van der Waals surface area contributed by atoms with Crippen LogP contribution in [-0.2, 0) is 22.5 Å². The van der Waals surface area contributed by atoms with Crippen molar-refractivity contribution in [1.29, 1.82) is 0 Å². The van der Waals surface area contributed by atoms with Crippen molar-refractivity contribution in [2.75, 3.05) is 20.8 Å². The van der Waals surface area contributed by atoms with Gasteiger partial charge in [-0.2, -0.15) is 5.10 Å². The second-order valence-electron chi connectivity index (χ2n) is 8.71. The van der Waals surface area contributed by atoms with Crippen molar-refractivity contribution in [1.82, 2.24) is 9.78 Å². The maximum atomic E-state index is 11.6. The number of methoxy groups -OCH3 is 2. The number of carbonyl (C=O) groups excluding carboxylic acids is 1. The monoisotopic (exact) mass is 492 g/mol. The molecule has 0 saturated carbocycles. The zero-order valence-corrected chi connectivity index (χ0v) is 21.5. The van der Waals surface area contributed by atoms with Crippen LogP contribution < -0.4 is 9.47 Å². The quantitative estimate of drug-likeness (QED) is 0.262. The summed E-state index contributed by atoms with van der Waals surface area (Å²) in [6.07, 6.45) is 8.53. The first-order chi connectivity index (χ1) is 17.4. The number of hydrogen-bond donors (Lipinski definition) is 1. The fraction of sp³-hybridized carbons (Fsp3) is 0.379. The van der Waals surface area contributed by atoms with Crippen molar-refractivity contribution in [3.63, 3.8) is 0 Å². The number of ether oxygens (including phenoxy) is 3. The highest BCUT2D eigenvalue weighted by Gasteiger charge is 2.24. The van der Waals surface area contributed by atoms with Gasteiger partial charge >= 0.3 is 5.97 Å². The van der Waals surface area contributed by atoms with Gasteiger partial charge in [0.1, 0.15) is 11.5 Å². The molecule has 7 nitrogen and oxygen atoms in total. The second-order valence-corrected chi connectivity index (χ2v) is 8.71. The Kier molecular flexibility index (Phi) is 10.1. The molecule has 0 aliphatic heterocycles. The standard InChI is InChI=1S/C29H36N2O5/c1-5-36-28(32)15-14-23-18-30-31(19-23)20-24(13-9-12-22-10-7-6-8-11-22)29(33)25-16-26(34-3)21(2)27(17-25)35-4/h6-8,10-11,14-19,24,29,33H,5,9,12-13,20H2,1-4H3/t24-,29-/m0/s1. The highest BCUT2D eigenvalue weighted by Crippen LogP contribution is 2.36. The lowest BCUT2D eigenvalue weighted by molar-refractivity contribution is -0.137. The van der Waals surface area contributed by atoms with Gasteiger partial charge in [0, 0.05) is 35.9 Å². The van der Waals surface area contributed by atoms with E-state index in [4.69, 9.17) is 14.2 Å². The minimum atomic E-state index is -0.744. The molecule has 2 aromatic carbocycles. The molecule has 1 N–H and O–H groups in total. The molecule has 0 radical (unpaired) electrons. The van der Waals surface area contributed by atoms with E-state index in [0.29, 0.717) is 24.7 Å². The molecule has 0 saturated heterocycles. The van der Waals surface area contributed by atoms with Gasteiger partial charge in [-0.05, 0) is 62.4 Å². The van der Waals surface area contributed by atoms with Crippen LogP contribution in [0.2, 0.25) is 0 Å². The summed E-state index contributed by atoms with van der Waals surface area (Å²) >= 11 is 0. The predicted octanol–water partition coefficient (Wildman–Crippen LogP) is 5.16. The molecule has 0 spiro atoms. The first-order valence-corrected chi connectivity index (χ1v) is 12.3. The molecule has 2 atom stereocenters. The summed E-state index contributed by atoms with van der Waals surface area (Å²) < 4.78 is 17.8. The number of aromatic nitrogens is 2. The molecule has 1 heterocycles. The molecular formula is C29H36N2O5. The number of aliphatic hydroxyl groups is 1. The lowest BCUT2D eigenvalue weighted by Crippen LogP contribution is -2.20. The smallest absolute Gasteiger partial charge is 0.330 e. The van der Waals surface area contributed by atoms with E-state index >= 15 is 0 Å². The van der Waals surface area contributed by atoms with Crippen LogP contribution in [-0.4, -0.2) is 41.7 Å². The number of carbonyl (C=O) groups is 1. The molecule has 0 unspecified atom stereocenters. The van der Waals surface area contributed by atoms with Crippen LogP contribution >= 0.6 is 0 Å². The highest BCUT2D eigenvalue weighted by molar-refractivity contribution is 5.86. The van der Waals surface area contributed by atoms with E-state index in [1.54, 1.807) is 33.4 Å². The molecule has 3 rings (SSSR count). The Morgan fingerprint density at radius 2 is 1.83 bits per heavy atom. The minimum absolute atomic E-state index is 0.104. The number of esters is 1. The first kappa shape index (κ1) is 27.0. The normalized spacial score (nSPS) is 12.9. The van der Waals surface area contributed by atoms with Crippen molar-refractivity contribution in [2.24, 2.45) is 5.92 Å². The number of hydrogen-bond acceptors (Lipinski definition) is 6. The van der Waals surface area contributed by atoms with Crippen molar-refractivity contribution in [3.8, 4) is 11.5 Å². The van der Waals surface area contributed by atoms with Crippen LogP contribution in [0.5, 0.6) is 11.5 Å². The fourth-order valence-electron chi connectivity index (χ4n) is 4.27. The van der Waals surface area contributed by atoms with Crippen molar-refractivity contribution < 1.29 is 24.1 Å². The zero-order valence-electron chi connectivity index (χ0n) is 21.5. The number of aryl methyl sites for hydroxylation is 1. The van der Waals surface area contributed by atoms with Gasteiger partial charge in [0.05, 0.1) is 33.1 Å². The van der Waals surface area contributed by atoms with Crippen molar-refractivity contribution in [2.45, 2.75) is 45.8 Å². The van der Waals surface area contributed by atoms with Crippen LogP contribution in [0.1, 0.15) is 48.1 Å². The molecule has 0 aliphatic rings. The van der Waals surface area contributed by atoms with Crippen molar-refractivity contribution >= 4 is 12.0 Å². The minimum Gasteiger partial charge on any atom is -0.496 e. The summed E-state index contributed by atoms with van der Waals surface area (Å²) in [5.41, 5.74) is 3.70. The van der Waals surface area contributed by atoms with Gasteiger partial charge in [-0.25, -0.2) is 4.79 Å². The third-order valence-electron chi connectivity index (χ3n) is 6.22.